The van der Waals surface area contributed by atoms with Gasteiger partial charge in [0.25, 0.3) is 0 Å². The highest BCUT2D eigenvalue weighted by molar-refractivity contribution is 5.84. The first-order chi connectivity index (χ1) is 11.2. The van der Waals surface area contributed by atoms with Gasteiger partial charge in [0.1, 0.15) is 5.82 Å². The Morgan fingerprint density at radius 2 is 1.91 bits per heavy atom. The molecule has 0 spiro atoms. The Bertz CT molecular complexity index is 702. The maximum absolute atomic E-state index is 13.8. The van der Waals surface area contributed by atoms with Gasteiger partial charge in [0.15, 0.2) is 0 Å². The zero-order chi connectivity index (χ0) is 16.4. The standard InChI is InChI=1S/C18H19FN2O2/c1-20-18(23)17-16(15(10-22)21-17)12-8-6-11(7-9-12)13-4-2-3-5-14(13)19/h2-9,15-17,21-22H,10H2,1H3,(H,20,23)/t15-,16+,17+/m0/s1. The van der Waals surface area contributed by atoms with Gasteiger partial charge in [-0.25, -0.2) is 4.39 Å². The molecule has 1 aliphatic heterocycles. The average molecular weight is 314 g/mol. The van der Waals surface area contributed by atoms with Gasteiger partial charge in [0, 0.05) is 24.6 Å². The highest BCUT2D eigenvalue weighted by Gasteiger charge is 2.44. The molecule has 0 saturated carbocycles. The third kappa shape index (κ3) is 2.85. The number of benzene rings is 2. The number of aliphatic hydroxyl groups excluding tert-OH is 1. The molecular weight excluding hydrogens is 295 g/mol. The predicted molar refractivity (Wildman–Crippen MR) is 86.4 cm³/mol. The van der Waals surface area contributed by atoms with E-state index >= 15 is 0 Å². The van der Waals surface area contributed by atoms with Gasteiger partial charge < -0.3 is 10.4 Å². The summed E-state index contributed by atoms with van der Waals surface area (Å²) in [5, 5.41) is 15.1. The molecule has 120 valence electrons. The molecule has 1 fully saturated rings. The minimum absolute atomic E-state index is 0.0345. The van der Waals surface area contributed by atoms with Gasteiger partial charge in [-0.15, -0.1) is 0 Å². The fourth-order valence-electron chi connectivity index (χ4n) is 3.12. The molecule has 1 heterocycles. The van der Waals surface area contributed by atoms with Crippen molar-refractivity contribution in [3.8, 4) is 11.1 Å². The van der Waals surface area contributed by atoms with E-state index in [0.717, 1.165) is 11.1 Å². The lowest BCUT2D eigenvalue weighted by atomic mass is 9.77. The van der Waals surface area contributed by atoms with E-state index in [-0.39, 0.29) is 36.3 Å². The second-order valence-electron chi connectivity index (χ2n) is 5.68. The van der Waals surface area contributed by atoms with E-state index in [4.69, 9.17) is 0 Å². The number of nitrogens with one attached hydrogen (secondary N) is 2. The van der Waals surface area contributed by atoms with Gasteiger partial charge in [-0.1, -0.05) is 42.5 Å². The molecule has 5 heteroatoms. The third-order valence-corrected chi connectivity index (χ3v) is 4.39. The highest BCUT2D eigenvalue weighted by Crippen LogP contribution is 2.33. The van der Waals surface area contributed by atoms with E-state index in [1.807, 2.05) is 24.3 Å². The van der Waals surface area contributed by atoms with E-state index in [1.54, 1.807) is 25.2 Å². The predicted octanol–water partition coefficient (Wildman–Crippen LogP) is 1.66. The van der Waals surface area contributed by atoms with Crippen molar-refractivity contribution in [1.29, 1.82) is 0 Å². The molecular formula is C18H19FN2O2. The van der Waals surface area contributed by atoms with Crippen LogP contribution in [0.1, 0.15) is 11.5 Å². The fraction of sp³-hybridized carbons (Fsp3) is 0.278. The molecule has 3 atom stereocenters. The number of likely N-dealkylation sites (N-methyl/N-ethyl adjacent to an activating group) is 1. The van der Waals surface area contributed by atoms with Crippen LogP contribution in [0.3, 0.4) is 0 Å². The number of carbonyl (C=O) groups is 1. The summed E-state index contributed by atoms with van der Waals surface area (Å²) in [4.78, 5) is 11.9. The van der Waals surface area contributed by atoms with Crippen LogP contribution >= 0.6 is 0 Å². The largest absolute Gasteiger partial charge is 0.395 e. The molecule has 0 aromatic heterocycles. The van der Waals surface area contributed by atoms with Crippen LogP contribution in [0.25, 0.3) is 11.1 Å². The van der Waals surface area contributed by atoms with Crippen molar-refractivity contribution in [2.24, 2.45) is 0 Å². The highest BCUT2D eigenvalue weighted by atomic mass is 19.1. The Labute approximate surface area is 134 Å². The number of rotatable bonds is 4. The fourth-order valence-corrected chi connectivity index (χ4v) is 3.12. The lowest BCUT2D eigenvalue weighted by molar-refractivity contribution is -0.126. The summed E-state index contributed by atoms with van der Waals surface area (Å²) in [6.07, 6.45) is 0. The third-order valence-electron chi connectivity index (χ3n) is 4.39. The van der Waals surface area contributed by atoms with Crippen molar-refractivity contribution in [3.05, 3.63) is 59.9 Å². The number of hydrogen-bond acceptors (Lipinski definition) is 3. The van der Waals surface area contributed by atoms with Crippen molar-refractivity contribution in [1.82, 2.24) is 10.6 Å². The van der Waals surface area contributed by atoms with Crippen LogP contribution in [-0.4, -0.2) is 36.8 Å². The molecule has 4 nitrogen and oxygen atoms in total. The zero-order valence-corrected chi connectivity index (χ0v) is 12.8. The van der Waals surface area contributed by atoms with Gasteiger partial charge in [0.05, 0.1) is 12.6 Å². The first kappa shape index (κ1) is 15.6. The van der Waals surface area contributed by atoms with E-state index in [0.29, 0.717) is 5.56 Å². The van der Waals surface area contributed by atoms with Crippen molar-refractivity contribution in [2.75, 3.05) is 13.7 Å². The Hall–Kier alpha value is -2.24. The molecule has 2 aromatic carbocycles. The first-order valence-electron chi connectivity index (χ1n) is 7.59. The lowest BCUT2D eigenvalue weighted by Gasteiger charge is -2.44. The minimum atomic E-state index is -0.350. The molecule has 3 rings (SSSR count). The Morgan fingerprint density at radius 3 is 2.52 bits per heavy atom. The lowest BCUT2D eigenvalue weighted by Crippen LogP contribution is -2.66. The topological polar surface area (TPSA) is 61.4 Å². The van der Waals surface area contributed by atoms with E-state index in [2.05, 4.69) is 10.6 Å². The van der Waals surface area contributed by atoms with E-state index < -0.39 is 0 Å². The molecule has 1 saturated heterocycles. The van der Waals surface area contributed by atoms with Gasteiger partial charge in [-0.2, -0.15) is 0 Å². The van der Waals surface area contributed by atoms with Crippen LogP contribution in [0.15, 0.2) is 48.5 Å². The molecule has 3 N–H and O–H groups in total. The molecule has 0 bridgehead atoms. The van der Waals surface area contributed by atoms with Gasteiger partial charge >= 0.3 is 0 Å². The van der Waals surface area contributed by atoms with Crippen LogP contribution in [-0.2, 0) is 4.79 Å². The van der Waals surface area contributed by atoms with Crippen LogP contribution < -0.4 is 10.6 Å². The van der Waals surface area contributed by atoms with Crippen LogP contribution in [0, 0.1) is 5.82 Å². The van der Waals surface area contributed by atoms with Gasteiger partial charge in [0.2, 0.25) is 5.91 Å². The maximum atomic E-state index is 13.8. The average Bonchev–Trinajstić information content (AvgIpc) is 2.55. The number of hydrogen-bond donors (Lipinski definition) is 3. The quantitative estimate of drug-likeness (QED) is 0.804. The van der Waals surface area contributed by atoms with Crippen molar-refractivity contribution in [2.45, 2.75) is 18.0 Å². The summed E-state index contributed by atoms with van der Waals surface area (Å²) < 4.78 is 13.8. The number of carbonyl (C=O) groups excluding carboxylic acids is 1. The van der Waals surface area contributed by atoms with Crippen LogP contribution in [0.5, 0.6) is 0 Å². The number of aliphatic hydroxyl groups is 1. The maximum Gasteiger partial charge on any atom is 0.237 e. The smallest absolute Gasteiger partial charge is 0.237 e. The first-order valence-corrected chi connectivity index (χ1v) is 7.59. The zero-order valence-electron chi connectivity index (χ0n) is 12.8. The molecule has 1 aliphatic rings. The van der Waals surface area contributed by atoms with E-state index in [9.17, 15) is 14.3 Å². The van der Waals surface area contributed by atoms with Crippen molar-refractivity contribution in [3.63, 3.8) is 0 Å². The Morgan fingerprint density at radius 1 is 1.22 bits per heavy atom. The summed E-state index contributed by atoms with van der Waals surface area (Å²) in [5.74, 6) is -0.450. The SMILES string of the molecule is CNC(=O)[C@@H]1N[C@@H](CO)[C@H]1c1ccc(-c2ccccc2F)cc1. The van der Waals surface area contributed by atoms with Crippen molar-refractivity contribution >= 4 is 5.91 Å². The molecule has 0 unspecified atom stereocenters. The van der Waals surface area contributed by atoms with Crippen LogP contribution in [0.2, 0.25) is 0 Å². The second-order valence-corrected chi connectivity index (χ2v) is 5.68. The second kappa shape index (κ2) is 6.48. The molecule has 0 aliphatic carbocycles. The van der Waals surface area contributed by atoms with Gasteiger partial charge in [-0.05, 0) is 17.2 Å². The normalized spacial score (nSPS) is 23.2. The Kier molecular flexibility index (Phi) is 4.41. The molecule has 2 aromatic rings. The van der Waals surface area contributed by atoms with E-state index in [1.165, 1.54) is 6.07 Å². The minimum Gasteiger partial charge on any atom is -0.395 e. The van der Waals surface area contributed by atoms with Crippen LogP contribution in [0.4, 0.5) is 4.39 Å². The molecule has 1 amide bonds. The summed E-state index contributed by atoms with van der Waals surface area (Å²) in [5.41, 5.74) is 2.29. The number of amides is 1. The summed E-state index contributed by atoms with van der Waals surface area (Å²) >= 11 is 0. The molecule has 0 radical (unpaired) electrons. The van der Waals surface area contributed by atoms with Gasteiger partial charge in [-0.3, -0.25) is 10.1 Å². The summed E-state index contributed by atoms with van der Waals surface area (Å²) in [7, 11) is 1.59. The number of halogens is 1. The van der Waals surface area contributed by atoms with Crippen molar-refractivity contribution < 1.29 is 14.3 Å². The Balaban J connectivity index is 1.86. The molecule has 23 heavy (non-hydrogen) atoms. The monoisotopic (exact) mass is 314 g/mol. The summed E-state index contributed by atoms with van der Waals surface area (Å²) in [6, 6.07) is 13.6. The summed E-state index contributed by atoms with van der Waals surface area (Å²) in [6.45, 7) is -0.0345.